The summed E-state index contributed by atoms with van der Waals surface area (Å²) in [5.74, 6) is -0.563. The molecule has 0 saturated carbocycles. The van der Waals surface area contributed by atoms with Crippen LogP contribution < -0.4 is 0 Å². The number of rotatable bonds is 5. The van der Waals surface area contributed by atoms with E-state index >= 15 is 0 Å². The number of ether oxygens (including phenoxy) is 1. The summed E-state index contributed by atoms with van der Waals surface area (Å²) in [7, 11) is 1.22. The van der Waals surface area contributed by atoms with E-state index in [1.807, 2.05) is 0 Å². The Morgan fingerprint density at radius 2 is 1.92 bits per heavy atom. The fourth-order valence-electron chi connectivity index (χ4n) is 0.887. The van der Waals surface area contributed by atoms with E-state index in [1.54, 1.807) is 0 Å². The first-order valence-corrected chi connectivity index (χ1v) is 4.19. The lowest BCUT2D eigenvalue weighted by Crippen LogP contribution is -2.15. The SMILES string of the molecule is COC(=O)C(=O)CCCC(C)C. The molecule has 0 saturated heterocycles. The molecule has 0 atom stereocenters. The number of carbonyl (C=O) groups is 2. The molecule has 0 spiro atoms. The molecule has 0 aliphatic carbocycles. The molecule has 0 N–H and O–H groups in total. The number of Topliss-reactive ketones (excluding diaryl/α,β-unsaturated/α-hetero) is 1. The fourth-order valence-corrected chi connectivity index (χ4v) is 0.887. The minimum absolute atomic E-state index is 0.310. The quantitative estimate of drug-likeness (QED) is 0.467. The molecule has 3 heteroatoms. The maximum absolute atomic E-state index is 10.9. The van der Waals surface area contributed by atoms with Gasteiger partial charge in [0.05, 0.1) is 7.11 Å². The smallest absolute Gasteiger partial charge is 0.374 e. The highest BCUT2D eigenvalue weighted by atomic mass is 16.5. The molecule has 3 nitrogen and oxygen atoms in total. The van der Waals surface area contributed by atoms with Gasteiger partial charge in [-0.05, 0) is 12.3 Å². The lowest BCUT2D eigenvalue weighted by molar-refractivity contribution is -0.151. The van der Waals surface area contributed by atoms with Crippen LogP contribution in [0.15, 0.2) is 0 Å². The van der Waals surface area contributed by atoms with Gasteiger partial charge >= 0.3 is 5.97 Å². The third-order valence-corrected chi connectivity index (χ3v) is 1.60. The van der Waals surface area contributed by atoms with Gasteiger partial charge in [0.1, 0.15) is 0 Å². The highest BCUT2D eigenvalue weighted by Crippen LogP contribution is 2.06. The summed E-state index contributed by atoms with van der Waals surface area (Å²) in [5, 5.41) is 0. The Balaban J connectivity index is 3.51. The molecule has 0 aromatic carbocycles. The molecule has 0 heterocycles. The molecule has 0 aliphatic heterocycles. The van der Waals surface area contributed by atoms with Gasteiger partial charge < -0.3 is 4.74 Å². The van der Waals surface area contributed by atoms with Gasteiger partial charge in [0.2, 0.25) is 5.78 Å². The number of methoxy groups -OCH3 is 1. The Bertz CT molecular complexity index is 161. The molecule has 12 heavy (non-hydrogen) atoms. The highest BCUT2D eigenvalue weighted by Gasteiger charge is 2.12. The molecule has 0 aromatic rings. The van der Waals surface area contributed by atoms with Crippen molar-refractivity contribution in [3.63, 3.8) is 0 Å². The van der Waals surface area contributed by atoms with Crippen molar-refractivity contribution in [2.24, 2.45) is 5.92 Å². The van der Waals surface area contributed by atoms with Crippen LogP contribution in [0, 0.1) is 5.92 Å². The predicted molar refractivity (Wildman–Crippen MR) is 45.7 cm³/mol. The van der Waals surface area contributed by atoms with E-state index < -0.39 is 11.8 Å². The molecule has 0 fully saturated rings. The highest BCUT2D eigenvalue weighted by molar-refractivity contribution is 6.33. The fraction of sp³-hybridized carbons (Fsp3) is 0.778. The van der Waals surface area contributed by atoms with Crippen molar-refractivity contribution >= 4 is 11.8 Å². The second-order valence-corrected chi connectivity index (χ2v) is 3.20. The van der Waals surface area contributed by atoms with Crippen molar-refractivity contribution in [1.29, 1.82) is 0 Å². The zero-order valence-electron chi connectivity index (χ0n) is 7.92. The minimum atomic E-state index is -0.723. The van der Waals surface area contributed by atoms with Gasteiger partial charge in [0.25, 0.3) is 0 Å². The largest absolute Gasteiger partial charge is 0.463 e. The Morgan fingerprint density at radius 3 is 2.33 bits per heavy atom. The Kier molecular flexibility index (Phi) is 5.34. The van der Waals surface area contributed by atoms with Crippen LogP contribution in [0.4, 0.5) is 0 Å². The summed E-state index contributed by atoms with van der Waals surface area (Å²) in [4.78, 5) is 21.5. The summed E-state index contributed by atoms with van der Waals surface area (Å²) in [6, 6.07) is 0. The summed E-state index contributed by atoms with van der Waals surface area (Å²) >= 11 is 0. The summed E-state index contributed by atoms with van der Waals surface area (Å²) in [5.41, 5.74) is 0. The van der Waals surface area contributed by atoms with E-state index in [9.17, 15) is 9.59 Å². The summed E-state index contributed by atoms with van der Waals surface area (Å²) < 4.78 is 4.28. The average molecular weight is 172 g/mol. The number of carbonyl (C=O) groups excluding carboxylic acids is 2. The maximum Gasteiger partial charge on any atom is 0.374 e. The van der Waals surface area contributed by atoms with Crippen molar-refractivity contribution in [3.05, 3.63) is 0 Å². The number of esters is 1. The number of ketones is 1. The van der Waals surface area contributed by atoms with Gasteiger partial charge in [-0.1, -0.05) is 20.3 Å². The Labute approximate surface area is 73.1 Å². The van der Waals surface area contributed by atoms with Crippen LogP contribution in [-0.4, -0.2) is 18.9 Å². The third-order valence-electron chi connectivity index (χ3n) is 1.60. The lowest BCUT2D eigenvalue weighted by atomic mass is 10.1. The van der Waals surface area contributed by atoms with Crippen LogP contribution in [0.5, 0.6) is 0 Å². The maximum atomic E-state index is 10.9. The van der Waals surface area contributed by atoms with Crippen LogP contribution in [0.25, 0.3) is 0 Å². The first-order chi connectivity index (χ1) is 5.57. The number of hydrogen-bond donors (Lipinski definition) is 0. The lowest BCUT2D eigenvalue weighted by Gasteiger charge is -2.02. The molecule has 0 amide bonds. The van der Waals surface area contributed by atoms with Gasteiger partial charge in [0, 0.05) is 6.42 Å². The molecule has 0 rings (SSSR count). The normalized spacial score (nSPS) is 10.0. The first-order valence-electron chi connectivity index (χ1n) is 4.19. The summed E-state index contributed by atoms with van der Waals surface area (Å²) in [6.07, 6.45) is 2.05. The van der Waals surface area contributed by atoms with Crippen LogP contribution in [0.2, 0.25) is 0 Å². The molecule has 0 aliphatic rings. The third kappa shape index (κ3) is 4.88. The standard InChI is InChI=1S/C9H16O3/c1-7(2)5-4-6-8(10)9(11)12-3/h7H,4-6H2,1-3H3. The van der Waals surface area contributed by atoms with Crippen LogP contribution in [0.3, 0.4) is 0 Å². The van der Waals surface area contributed by atoms with Crippen LogP contribution in [0.1, 0.15) is 33.1 Å². The molecule has 70 valence electrons. The van der Waals surface area contributed by atoms with Crippen LogP contribution >= 0.6 is 0 Å². The minimum Gasteiger partial charge on any atom is -0.463 e. The van der Waals surface area contributed by atoms with Crippen molar-refractivity contribution in [2.45, 2.75) is 33.1 Å². The topological polar surface area (TPSA) is 43.4 Å². The number of hydrogen-bond acceptors (Lipinski definition) is 3. The van der Waals surface area contributed by atoms with Gasteiger partial charge in [-0.25, -0.2) is 4.79 Å². The van der Waals surface area contributed by atoms with E-state index in [-0.39, 0.29) is 0 Å². The van der Waals surface area contributed by atoms with E-state index in [4.69, 9.17) is 0 Å². The second kappa shape index (κ2) is 5.75. The van der Waals surface area contributed by atoms with Crippen molar-refractivity contribution in [3.8, 4) is 0 Å². The first kappa shape index (κ1) is 11.1. The molecule has 0 bridgehead atoms. The zero-order chi connectivity index (χ0) is 9.56. The van der Waals surface area contributed by atoms with Crippen LogP contribution in [-0.2, 0) is 14.3 Å². The predicted octanol–water partition coefficient (Wildman–Crippen LogP) is 1.55. The van der Waals surface area contributed by atoms with Gasteiger partial charge in [-0.3, -0.25) is 4.79 Å². The summed E-state index contributed by atoms with van der Waals surface area (Å²) in [6.45, 7) is 4.17. The van der Waals surface area contributed by atoms with E-state index in [0.29, 0.717) is 12.3 Å². The molecular formula is C9H16O3. The molecular weight excluding hydrogens is 156 g/mol. The zero-order valence-corrected chi connectivity index (χ0v) is 7.92. The van der Waals surface area contributed by atoms with Crippen molar-refractivity contribution in [2.75, 3.05) is 7.11 Å². The Hall–Kier alpha value is -0.860. The monoisotopic (exact) mass is 172 g/mol. The van der Waals surface area contributed by atoms with Gasteiger partial charge in [0.15, 0.2) is 0 Å². The Morgan fingerprint density at radius 1 is 1.33 bits per heavy atom. The van der Waals surface area contributed by atoms with Crippen molar-refractivity contribution < 1.29 is 14.3 Å². The van der Waals surface area contributed by atoms with Gasteiger partial charge in [-0.15, -0.1) is 0 Å². The van der Waals surface area contributed by atoms with E-state index in [0.717, 1.165) is 12.8 Å². The second-order valence-electron chi connectivity index (χ2n) is 3.20. The average Bonchev–Trinajstić information content (AvgIpc) is 2.02. The van der Waals surface area contributed by atoms with Crippen molar-refractivity contribution in [1.82, 2.24) is 0 Å². The van der Waals surface area contributed by atoms with Gasteiger partial charge in [-0.2, -0.15) is 0 Å². The molecule has 0 radical (unpaired) electrons. The van der Waals surface area contributed by atoms with E-state index in [1.165, 1.54) is 7.11 Å². The van der Waals surface area contributed by atoms with E-state index in [2.05, 4.69) is 18.6 Å². The molecule has 0 aromatic heterocycles. The molecule has 0 unspecified atom stereocenters.